The van der Waals surface area contributed by atoms with E-state index in [-0.39, 0.29) is 10.8 Å². The van der Waals surface area contributed by atoms with Crippen molar-refractivity contribution in [1.29, 1.82) is 0 Å². The molecular weight excluding hydrogens is 629 g/mol. The Morgan fingerprint density at radius 3 is 2.40 bits per heavy atom. The molecule has 0 spiro atoms. The molecule has 1 atom stereocenters. The zero-order valence-corrected chi connectivity index (χ0v) is 28.0. The van der Waals surface area contributed by atoms with E-state index in [2.05, 4.69) is 46.0 Å². The minimum Gasteiger partial charge on any atom is -0.348 e. The summed E-state index contributed by atoms with van der Waals surface area (Å²) in [7, 11) is -3.66. The molecule has 4 aromatic rings. The number of thioether (sulfide) groups is 1. The third-order valence-electron chi connectivity index (χ3n) is 8.92. The summed E-state index contributed by atoms with van der Waals surface area (Å²) in [6, 6.07) is 27.2. The molecule has 3 aromatic carbocycles. The van der Waals surface area contributed by atoms with E-state index in [4.69, 9.17) is 5.10 Å². The summed E-state index contributed by atoms with van der Waals surface area (Å²) in [6.45, 7) is 7.44. The van der Waals surface area contributed by atoms with Crippen LogP contribution in [0.25, 0.3) is 23.0 Å². The number of aliphatic imine (C=N–C) groups is 1. The van der Waals surface area contributed by atoms with Gasteiger partial charge < -0.3 is 4.90 Å². The van der Waals surface area contributed by atoms with Gasteiger partial charge in [-0.1, -0.05) is 67.6 Å². The second-order valence-electron chi connectivity index (χ2n) is 12.4. The number of hydrogen-bond donors (Lipinski definition) is 0. The molecule has 0 N–H and O–H groups in total. The average molecular weight is 667 g/mol. The van der Waals surface area contributed by atoms with E-state index in [1.165, 1.54) is 17.3 Å². The highest BCUT2D eigenvalue weighted by Gasteiger charge is 2.31. The van der Waals surface area contributed by atoms with Crippen molar-refractivity contribution in [3.8, 4) is 16.9 Å². The molecule has 7 rings (SSSR count). The Kier molecular flexibility index (Phi) is 9.13. The predicted octanol–water partition coefficient (Wildman–Crippen LogP) is 5.75. The average Bonchev–Trinajstić information content (AvgIpc) is 3.69. The topological polar surface area (TPSA) is 91.1 Å². The molecule has 4 heterocycles. The molecule has 242 valence electrons. The fraction of sp³-hybridized carbons (Fsp3) is 0.306. The van der Waals surface area contributed by atoms with Gasteiger partial charge in [-0.15, -0.1) is 0 Å². The Bertz CT molecular complexity index is 1920. The van der Waals surface area contributed by atoms with Crippen molar-refractivity contribution >= 4 is 38.9 Å². The van der Waals surface area contributed by atoms with Crippen molar-refractivity contribution < 1.29 is 13.2 Å². The third-order valence-corrected chi connectivity index (χ3v) is 11.8. The fourth-order valence-electron chi connectivity index (χ4n) is 6.36. The van der Waals surface area contributed by atoms with Crippen molar-refractivity contribution in [3.63, 3.8) is 0 Å². The number of rotatable bonds is 7. The van der Waals surface area contributed by atoms with Crippen LogP contribution in [-0.4, -0.2) is 82.6 Å². The highest BCUT2D eigenvalue weighted by Crippen LogP contribution is 2.35. The number of amides is 1. The maximum absolute atomic E-state index is 13.7. The fourth-order valence-corrected chi connectivity index (χ4v) is 8.96. The molecule has 3 aliphatic heterocycles. The molecule has 9 nitrogen and oxygen atoms in total. The summed E-state index contributed by atoms with van der Waals surface area (Å²) in [5.41, 5.74) is 4.14. The number of benzene rings is 3. The number of aromatic nitrogens is 2. The monoisotopic (exact) mass is 666 g/mol. The molecule has 0 aliphatic carbocycles. The van der Waals surface area contributed by atoms with Crippen molar-refractivity contribution in [2.75, 3.05) is 39.3 Å². The second-order valence-corrected chi connectivity index (χ2v) is 15.4. The lowest BCUT2D eigenvalue weighted by Gasteiger charge is -2.35. The van der Waals surface area contributed by atoms with Crippen molar-refractivity contribution in [2.45, 2.75) is 31.2 Å². The molecule has 2 saturated heterocycles. The van der Waals surface area contributed by atoms with Gasteiger partial charge in [-0.25, -0.2) is 13.1 Å². The van der Waals surface area contributed by atoms with E-state index in [1.54, 1.807) is 27.2 Å². The molecule has 11 heteroatoms. The Hall–Kier alpha value is -4.03. The molecule has 47 heavy (non-hydrogen) atoms. The second kappa shape index (κ2) is 13.6. The molecule has 1 amide bonds. The molecule has 3 aliphatic rings. The van der Waals surface area contributed by atoms with Gasteiger partial charge in [0.05, 0.1) is 15.5 Å². The van der Waals surface area contributed by atoms with Gasteiger partial charge in [0.1, 0.15) is 5.69 Å². The first-order valence-corrected chi connectivity index (χ1v) is 18.4. The van der Waals surface area contributed by atoms with Gasteiger partial charge in [-0.3, -0.25) is 9.69 Å². The van der Waals surface area contributed by atoms with Gasteiger partial charge in [0, 0.05) is 63.1 Å². The van der Waals surface area contributed by atoms with E-state index >= 15 is 0 Å². The van der Waals surface area contributed by atoms with Crippen LogP contribution in [0, 0.1) is 5.92 Å². The number of sulfonamides is 1. The SMILES string of the molecule is CC1CCCN(S(=O)(=O)c2cccc(-c3nn(-c4ccccc4)cc3C=C3SC(N4CCN(Cc5ccccc5)CC4)=NC3=O)c2)C1. The first-order chi connectivity index (χ1) is 22.8. The Labute approximate surface area is 280 Å². The standard InChI is InChI=1S/C36H38N6O3S2/c1-27-10-9-17-41(24-27)47(44,45)32-16-8-13-29(22-32)34-30(26-42(38-34)31-14-6-3-7-15-31)23-33-35(43)37-36(46-33)40-20-18-39(19-21-40)25-28-11-4-2-5-12-28/h2-8,11-16,22-23,26-27H,9-10,17-21,24-25H2,1H3. The van der Waals surface area contributed by atoms with Crippen molar-refractivity contribution in [2.24, 2.45) is 10.9 Å². The van der Waals surface area contributed by atoms with Crippen LogP contribution >= 0.6 is 11.8 Å². The molecule has 0 bridgehead atoms. The van der Waals surface area contributed by atoms with Crippen molar-refractivity contribution in [1.82, 2.24) is 23.9 Å². The summed E-state index contributed by atoms with van der Waals surface area (Å²) >= 11 is 1.39. The lowest BCUT2D eigenvalue weighted by atomic mass is 10.0. The normalized spacial score (nSPS) is 20.6. The van der Waals surface area contributed by atoms with E-state index in [9.17, 15) is 13.2 Å². The molecule has 0 saturated carbocycles. The number of carbonyl (C=O) groups is 1. The smallest absolute Gasteiger partial charge is 0.286 e. The largest absolute Gasteiger partial charge is 0.348 e. The van der Waals surface area contributed by atoms with Crippen LogP contribution < -0.4 is 0 Å². The number of carbonyl (C=O) groups excluding carboxylic acids is 1. The first-order valence-electron chi connectivity index (χ1n) is 16.1. The van der Waals surface area contributed by atoms with Crippen LogP contribution in [0.5, 0.6) is 0 Å². The number of piperidine rings is 1. The van der Waals surface area contributed by atoms with Gasteiger partial charge in [0.25, 0.3) is 5.91 Å². The van der Waals surface area contributed by atoms with Gasteiger partial charge in [0.2, 0.25) is 10.0 Å². The highest BCUT2D eigenvalue weighted by atomic mass is 32.2. The zero-order valence-electron chi connectivity index (χ0n) is 26.4. The number of para-hydroxylation sites is 1. The predicted molar refractivity (Wildman–Crippen MR) is 187 cm³/mol. The highest BCUT2D eigenvalue weighted by molar-refractivity contribution is 8.18. The molecule has 2 fully saturated rings. The molecule has 1 unspecified atom stereocenters. The van der Waals surface area contributed by atoms with Gasteiger partial charge in [-0.05, 0) is 66.4 Å². The van der Waals surface area contributed by atoms with Gasteiger partial charge in [0.15, 0.2) is 5.17 Å². The lowest BCUT2D eigenvalue weighted by molar-refractivity contribution is -0.113. The number of amidine groups is 1. The minimum absolute atomic E-state index is 0.250. The van der Waals surface area contributed by atoms with E-state index < -0.39 is 10.0 Å². The van der Waals surface area contributed by atoms with Crippen LogP contribution in [0.2, 0.25) is 0 Å². The number of hydrogen-bond acceptors (Lipinski definition) is 7. The molecule has 0 radical (unpaired) electrons. The summed E-state index contributed by atoms with van der Waals surface area (Å²) in [5, 5.41) is 5.63. The lowest BCUT2D eigenvalue weighted by Crippen LogP contribution is -2.47. The summed E-state index contributed by atoms with van der Waals surface area (Å²) < 4.78 is 30.7. The zero-order chi connectivity index (χ0) is 32.4. The van der Waals surface area contributed by atoms with Crippen LogP contribution in [0.4, 0.5) is 0 Å². The maximum atomic E-state index is 13.7. The van der Waals surface area contributed by atoms with Crippen LogP contribution in [0.1, 0.15) is 30.9 Å². The minimum atomic E-state index is -3.66. The Morgan fingerprint density at radius 1 is 0.915 bits per heavy atom. The third kappa shape index (κ3) is 6.99. The Balaban J connectivity index is 1.14. The maximum Gasteiger partial charge on any atom is 0.286 e. The van der Waals surface area contributed by atoms with Crippen molar-refractivity contribution in [3.05, 3.63) is 107 Å². The van der Waals surface area contributed by atoms with Crippen LogP contribution in [-0.2, 0) is 21.4 Å². The molecular formula is C36H38N6O3S2. The summed E-state index contributed by atoms with van der Waals surface area (Å²) in [4.78, 5) is 23.0. The van der Waals surface area contributed by atoms with Gasteiger partial charge >= 0.3 is 0 Å². The summed E-state index contributed by atoms with van der Waals surface area (Å²) in [6.07, 6.45) is 5.62. The molecule has 1 aromatic heterocycles. The number of piperazine rings is 1. The Morgan fingerprint density at radius 2 is 1.66 bits per heavy atom. The van der Waals surface area contributed by atoms with E-state index in [0.717, 1.165) is 62.0 Å². The van der Waals surface area contributed by atoms with Gasteiger partial charge in [-0.2, -0.15) is 14.4 Å². The van der Waals surface area contributed by atoms with Crippen LogP contribution in [0.3, 0.4) is 0 Å². The quantitative estimate of drug-likeness (QED) is 0.232. The van der Waals surface area contributed by atoms with E-state index in [0.29, 0.717) is 35.2 Å². The number of nitrogens with zero attached hydrogens (tertiary/aromatic N) is 6. The first kappa shape index (κ1) is 31.6. The van der Waals surface area contributed by atoms with Crippen LogP contribution in [0.15, 0.2) is 106 Å². The van der Waals surface area contributed by atoms with E-state index in [1.807, 2.05) is 54.7 Å². The summed E-state index contributed by atoms with van der Waals surface area (Å²) in [5.74, 6) is 0.0545.